The molecule has 1 N–H and O–H groups in total. The average molecular weight is 304 g/mol. The highest BCUT2D eigenvalue weighted by Gasteiger charge is 2.32. The smallest absolute Gasteiger partial charge is 0.337 e. The molecule has 1 aliphatic heterocycles. The first-order valence-corrected chi connectivity index (χ1v) is 7.61. The van der Waals surface area contributed by atoms with Gasteiger partial charge in [0.25, 0.3) is 5.91 Å². The van der Waals surface area contributed by atoms with Crippen LogP contribution in [0.2, 0.25) is 0 Å². The van der Waals surface area contributed by atoms with Crippen LogP contribution < -0.4 is 16.0 Å². The van der Waals surface area contributed by atoms with Crippen LogP contribution in [-0.4, -0.2) is 13.0 Å². The number of hydroxylamine groups is 1. The lowest BCUT2D eigenvalue weighted by molar-refractivity contribution is 0.0915. The summed E-state index contributed by atoms with van der Waals surface area (Å²) in [4.78, 5) is 29.2. The second-order valence-corrected chi connectivity index (χ2v) is 5.84. The van der Waals surface area contributed by atoms with Gasteiger partial charge in [0, 0.05) is 6.07 Å². The molecule has 0 saturated heterocycles. The minimum absolute atomic E-state index is 0.116. The Bertz CT molecular complexity index is 659. The van der Waals surface area contributed by atoms with Gasteiger partial charge in [-0.25, -0.2) is 4.79 Å². The van der Waals surface area contributed by atoms with Crippen molar-refractivity contribution in [3.63, 3.8) is 0 Å². The van der Waals surface area contributed by atoms with Crippen molar-refractivity contribution in [3.05, 3.63) is 40.0 Å². The van der Waals surface area contributed by atoms with E-state index in [1.54, 1.807) is 0 Å². The van der Waals surface area contributed by atoms with Crippen LogP contribution in [0.3, 0.4) is 0 Å². The van der Waals surface area contributed by atoms with E-state index in [1.165, 1.54) is 43.9 Å². The van der Waals surface area contributed by atoms with Crippen molar-refractivity contribution in [1.82, 2.24) is 5.32 Å². The fraction of sp³-hybridized carbons (Fsp3) is 0.500. The van der Waals surface area contributed by atoms with Crippen LogP contribution in [0.25, 0.3) is 0 Å². The Morgan fingerprint density at radius 3 is 2.82 bits per heavy atom. The van der Waals surface area contributed by atoms with Crippen LogP contribution in [0.1, 0.15) is 48.0 Å². The molecule has 2 heterocycles. The molecule has 6 nitrogen and oxygen atoms in total. The van der Waals surface area contributed by atoms with Crippen molar-refractivity contribution in [2.75, 3.05) is 12.2 Å². The highest BCUT2D eigenvalue weighted by atomic mass is 16.7. The number of aryl methyl sites for hydroxylation is 1. The van der Waals surface area contributed by atoms with E-state index in [-0.39, 0.29) is 17.6 Å². The van der Waals surface area contributed by atoms with Gasteiger partial charge < -0.3 is 9.73 Å². The third-order valence-electron chi connectivity index (χ3n) is 4.42. The molecule has 2 aliphatic rings. The molecule has 1 aromatic heterocycles. The molecular weight excluding hydrogens is 284 g/mol. The minimum Gasteiger partial charge on any atom is -0.403 e. The van der Waals surface area contributed by atoms with Gasteiger partial charge in [-0.05, 0) is 24.3 Å². The molecule has 0 radical (unpaired) electrons. The second kappa shape index (κ2) is 5.96. The molecule has 0 atom stereocenters. The second-order valence-electron chi connectivity index (χ2n) is 5.84. The summed E-state index contributed by atoms with van der Waals surface area (Å²) in [6.45, 7) is 3.69. The number of nitrogens with one attached hydrogen (secondary N) is 1. The first kappa shape index (κ1) is 14.8. The van der Waals surface area contributed by atoms with Crippen molar-refractivity contribution < 1.29 is 14.0 Å². The van der Waals surface area contributed by atoms with Crippen LogP contribution in [-0.2, 0) is 11.3 Å². The predicted molar refractivity (Wildman–Crippen MR) is 81.4 cm³/mol. The van der Waals surface area contributed by atoms with Crippen LogP contribution in [0.5, 0.6) is 0 Å². The van der Waals surface area contributed by atoms with E-state index >= 15 is 0 Å². The molecule has 0 bridgehead atoms. The summed E-state index contributed by atoms with van der Waals surface area (Å²) in [6, 6.07) is 1.41. The lowest BCUT2D eigenvalue weighted by Crippen LogP contribution is -2.41. The SMILES string of the molecule is C=C1NC(=O)c2c(CCC3CCCC3)cc(=O)oc2N1OC. The van der Waals surface area contributed by atoms with Gasteiger partial charge in [0.2, 0.25) is 5.88 Å². The molecular formula is C16H20N2O4. The quantitative estimate of drug-likeness (QED) is 0.924. The fourth-order valence-electron chi connectivity index (χ4n) is 3.33. The first-order valence-electron chi connectivity index (χ1n) is 7.61. The van der Waals surface area contributed by atoms with Crippen LogP contribution in [0.4, 0.5) is 5.88 Å². The highest BCUT2D eigenvalue weighted by Crippen LogP contribution is 2.32. The van der Waals surface area contributed by atoms with Gasteiger partial charge in [-0.3, -0.25) is 9.63 Å². The molecule has 1 saturated carbocycles. The molecule has 1 fully saturated rings. The number of fused-ring (bicyclic) bond motifs is 1. The lowest BCUT2D eigenvalue weighted by Gasteiger charge is -2.29. The third-order valence-corrected chi connectivity index (χ3v) is 4.42. The largest absolute Gasteiger partial charge is 0.403 e. The van der Waals surface area contributed by atoms with Crippen molar-refractivity contribution >= 4 is 11.8 Å². The van der Waals surface area contributed by atoms with Crippen molar-refractivity contribution in [2.45, 2.75) is 38.5 Å². The number of carbonyl (C=O) groups is 1. The maximum absolute atomic E-state index is 12.3. The number of nitrogens with zero attached hydrogens (tertiary/aromatic N) is 1. The number of anilines is 1. The number of hydrogen-bond acceptors (Lipinski definition) is 5. The van der Waals surface area contributed by atoms with E-state index in [9.17, 15) is 9.59 Å². The van der Waals surface area contributed by atoms with Gasteiger partial charge in [-0.15, -0.1) is 0 Å². The zero-order valence-electron chi connectivity index (χ0n) is 12.7. The van der Waals surface area contributed by atoms with E-state index < -0.39 is 5.63 Å². The number of rotatable bonds is 4. The normalized spacial score (nSPS) is 18.5. The fourth-order valence-corrected chi connectivity index (χ4v) is 3.33. The third kappa shape index (κ3) is 2.66. The molecule has 3 rings (SSSR count). The molecule has 22 heavy (non-hydrogen) atoms. The number of carbonyl (C=O) groups excluding carboxylic acids is 1. The summed E-state index contributed by atoms with van der Waals surface area (Å²) >= 11 is 0. The predicted octanol–water partition coefficient (Wildman–Crippen LogP) is 2.35. The Labute approximate surface area is 128 Å². The van der Waals surface area contributed by atoms with E-state index in [0.29, 0.717) is 23.5 Å². The topological polar surface area (TPSA) is 71.8 Å². The van der Waals surface area contributed by atoms with Gasteiger partial charge in [-0.2, -0.15) is 5.06 Å². The summed E-state index contributed by atoms with van der Waals surface area (Å²) in [7, 11) is 1.43. The van der Waals surface area contributed by atoms with Gasteiger partial charge in [0.15, 0.2) is 0 Å². The van der Waals surface area contributed by atoms with Gasteiger partial charge in [0.1, 0.15) is 11.4 Å². The monoisotopic (exact) mass is 304 g/mol. The van der Waals surface area contributed by atoms with E-state index in [4.69, 9.17) is 9.25 Å². The van der Waals surface area contributed by atoms with E-state index in [1.807, 2.05) is 0 Å². The standard InChI is InChI=1S/C16H20N2O4/c1-10-17-15(20)14-12(8-7-11-5-3-4-6-11)9-13(19)22-16(14)18(10)21-2/h9,11H,1,3-8H2,2H3,(H,17,20). The van der Waals surface area contributed by atoms with Gasteiger partial charge >= 0.3 is 5.63 Å². The first-order chi connectivity index (χ1) is 10.6. The Kier molecular flexibility index (Phi) is 4.02. The zero-order valence-corrected chi connectivity index (χ0v) is 12.7. The summed E-state index contributed by atoms with van der Waals surface area (Å²) < 4.78 is 5.18. The van der Waals surface area contributed by atoms with E-state index in [0.717, 1.165) is 6.42 Å². The molecule has 0 unspecified atom stereocenters. The average Bonchev–Trinajstić information content (AvgIpc) is 2.97. The lowest BCUT2D eigenvalue weighted by atomic mass is 9.95. The molecule has 1 aliphatic carbocycles. The molecule has 118 valence electrons. The number of hydrogen-bond donors (Lipinski definition) is 1. The Hall–Kier alpha value is -2.08. The maximum atomic E-state index is 12.3. The summed E-state index contributed by atoms with van der Waals surface area (Å²) in [5, 5.41) is 3.86. The number of amides is 1. The molecule has 0 aromatic carbocycles. The molecule has 0 spiro atoms. The Morgan fingerprint density at radius 2 is 2.14 bits per heavy atom. The van der Waals surface area contributed by atoms with Gasteiger partial charge in [-0.1, -0.05) is 32.3 Å². The van der Waals surface area contributed by atoms with Crippen molar-refractivity contribution in [2.24, 2.45) is 5.92 Å². The van der Waals surface area contributed by atoms with Crippen LogP contribution >= 0.6 is 0 Å². The van der Waals surface area contributed by atoms with Crippen LogP contribution in [0.15, 0.2) is 27.7 Å². The minimum atomic E-state index is -0.482. The Balaban J connectivity index is 1.95. The van der Waals surface area contributed by atoms with Crippen molar-refractivity contribution in [3.8, 4) is 0 Å². The molecule has 1 aromatic rings. The summed E-state index contributed by atoms with van der Waals surface area (Å²) in [5.74, 6) is 0.725. The molecule has 6 heteroatoms. The van der Waals surface area contributed by atoms with Crippen LogP contribution in [0, 0.1) is 5.92 Å². The zero-order chi connectivity index (χ0) is 15.7. The summed E-state index contributed by atoms with van der Waals surface area (Å²) in [6.07, 6.45) is 6.69. The van der Waals surface area contributed by atoms with E-state index in [2.05, 4.69) is 11.9 Å². The highest BCUT2D eigenvalue weighted by molar-refractivity contribution is 6.03. The molecule has 1 amide bonds. The van der Waals surface area contributed by atoms with Crippen molar-refractivity contribution in [1.29, 1.82) is 0 Å². The maximum Gasteiger partial charge on any atom is 0.337 e. The Morgan fingerprint density at radius 1 is 1.41 bits per heavy atom. The van der Waals surface area contributed by atoms with Gasteiger partial charge in [0.05, 0.1) is 7.11 Å². The summed E-state index contributed by atoms with van der Waals surface area (Å²) in [5.41, 5.74) is 0.599.